The van der Waals surface area contributed by atoms with E-state index in [2.05, 4.69) is 20.9 Å². The number of halogens is 4. The zero-order valence-corrected chi connectivity index (χ0v) is 17.7. The Bertz CT molecular complexity index is 618. The minimum absolute atomic E-state index is 0. The molecule has 0 bridgehead atoms. The van der Waals surface area contributed by atoms with E-state index >= 15 is 0 Å². The molecule has 0 saturated heterocycles. The van der Waals surface area contributed by atoms with Crippen molar-refractivity contribution < 1.29 is 18.0 Å². The van der Waals surface area contributed by atoms with Gasteiger partial charge < -0.3 is 16.0 Å². The number of hydrogen-bond donors (Lipinski definition) is 3. The zero-order valence-electron chi connectivity index (χ0n) is 15.3. The summed E-state index contributed by atoms with van der Waals surface area (Å²) in [6.45, 7) is 6.50. The van der Waals surface area contributed by atoms with E-state index in [0.29, 0.717) is 24.6 Å². The first kappa shape index (κ1) is 24.5. The molecule has 26 heavy (non-hydrogen) atoms. The predicted molar refractivity (Wildman–Crippen MR) is 108 cm³/mol. The van der Waals surface area contributed by atoms with Crippen molar-refractivity contribution in [3.8, 4) is 0 Å². The third-order valence-electron chi connectivity index (χ3n) is 3.59. The average Bonchev–Trinajstić information content (AvgIpc) is 2.54. The molecule has 0 aliphatic carbocycles. The van der Waals surface area contributed by atoms with E-state index in [1.807, 2.05) is 6.92 Å². The standard InChI is InChI=1S/C17H25F3N4O.HI/c1-5-22-14(25)16(2,3)11-24-15(21-4)23-10-12-7-6-8-13(9-12)17(18,19)20;/h6-9H,5,10-11H2,1-4H3,(H,22,25)(H2,21,23,24);1H. The monoisotopic (exact) mass is 486 g/mol. The number of nitrogens with zero attached hydrogens (tertiary/aromatic N) is 1. The van der Waals surface area contributed by atoms with Gasteiger partial charge in [0.2, 0.25) is 5.91 Å². The maximum absolute atomic E-state index is 12.7. The van der Waals surface area contributed by atoms with Gasteiger partial charge in [-0.1, -0.05) is 12.1 Å². The molecule has 0 heterocycles. The Balaban J connectivity index is 0.00000625. The molecule has 1 aromatic carbocycles. The second kappa shape index (κ2) is 10.6. The van der Waals surface area contributed by atoms with Gasteiger partial charge in [-0.05, 0) is 38.5 Å². The highest BCUT2D eigenvalue weighted by molar-refractivity contribution is 14.0. The number of aliphatic imine (C=N–C) groups is 1. The lowest BCUT2D eigenvalue weighted by atomic mass is 9.92. The molecule has 0 radical (unpaired) electrons. The van der Waals surface area contributed by atoms with E-state index in [-0.39, 0.29) is 36.4 Å². The summed E-state index contributed by atoms with van der Waals surface area (Å²) in [4.78, 5) is 16.0. The molecular formula is C17H26F3IN4O. The molecule has 0 aliphatic heterocycles. The fraction of sp³-hybridized carbons (Fsp3) is 0.529. The Labute approximate surface area is 169 Å². The van der Waals surface area contributed by atoms with E-state index in [1.54, 1.807) is 27.0 Å². The van der Waals surface area contributed by atoms with Crippen LogP contribution >= 0.6 is 24.0 Å². The smallest absolute Gasteiger partial charge is 0.356 e. The summed E-state index contributed by atoms with van der Waals surface area (Å²) in [5, 5.41) is 8.73. The molecule has 1 rings (SSSR count). The van der Waals surface area contributed by atoms with E-state index < -0.39 is 17.2 Å². The highest BCUT2D eigenvalue weighted by atomic mass is 127. The summed E-state index contributed by atoms with van der Waals surface area (Å²) >= 11 is 0. The lowest BCUT2D eigenvalue weighted by Gasteiger charge is -2.24. The second-order valence-corrected chi connectivity index (χ2v) is 6.22. The molecule has 3 N–H and O–H groups in total. The van der Waals surface area contributed by atoms with E-state index in [0.717, 1.165) is 12.1 Å². The number of rotatable bonds is 6. The van der Waals surface area contributed by atoms with Crippen molar-refractivity contribution in [1.29, 1.82) is 0 Å². The Hall–Kier alpha value is -1.52. The molecule has 0 aliphatic rings. The lowest BCUT2D eigenvalue weighted by Crippen LogP contribution is -2.47. The van der Waals surface area contributed by atoms with Crippen molar-refractivity contribution in [3.05, 3.63) is 35.4 Å². The molecule has 1 amide bonds. The summed E-state index contributed by atoms with van der Waals surface area (Å²) in [5.74, 6) is 0.325. The van der Waals surface area contributed by atoms with Crippen molar-refractivity contribution in [2.24, 2.45) is 10.4 Å². The summed E-state index contributed by atoms with van der Waals surface area (Å²) in [5.41, 5.74) is -0.850. The van der Waals surface area contributed by atoms with Crippen molar-refractivity contribution in [2.75, 3.05) is 20.1 Å². The van der Waals surface area contributed by atoms with Crippen molar-refractivity contribution >= 4 is 35.8 Å². The quantitative estimate of drug-likeness (QED) is 0.329. The van der Waals surface area contributed by atoms with Crippen LogP contribution in [0.1, 0.15) is 31.9 Å². The van der Waals surface area contributed by atoms with Crippen LogP contribution in [0, 0.1) is 5.41 Å². The van der Waals surface area contributed by atoms with Crippen LogP contribution < -0.4 is 16.0 Å². The molecule has 1 aromatic rings. The van der Waals surface area contributed by atoms with Crippen LogP contribution in [0.15, 0.2) is 29.3 Å². The summed E-state index contributed by atoms with van der Waals surface area (Å²) in [6.07, 6.45) is -4.37. The van der Waals surface area contributed by atoms with Crippen LogP contribution in [0.25, 0.3) is 0 Å². The van der Waals surface area contributed by atoms with Gasteiger partial charge >= 0.3 is 6.18 Å². The Morgan fingerprint density at radius 3 is 2.35 bits per heavy atom. The minimum atomic E-state index is -4.37. The predicted octanol–water partition coefficient (Wildman–Crippen LogP) is 3.15. The van der Waals surface area contributed by atoms with Gasteiger partial charge in [0.25, 0.3) is 0 Å². The van der Waals surface area contributed by atoms with Gasteiger partial charge in [0.15, 0.2) is 5.96 Å². The van der Waals surface area contributed by atoms with Crippen LogP contribution in [-0.4, -0.2) is 32.0 Å². The van der Waals surface area contributed by atoms with Crippen molar-refractivity contribution in [1.82, 2.24) is 16.0 Å². The Morgan fingerprint density at radius 1 is 1.15 bits per heavy atom. The number of carbonyl (C=O) groups excluding carboxylic acids is 1. The molecule has 0 unspecified atom stereocenters. The molecule has 0 saturated carbocycles. The van der Waals surface area contributed by atoms with Crippen LogP contribution in [-0.2, 0) is 17.5 Å². The molecule has 0 aromatic heterocycles. The third kappa shape index (κ3) is 7.79. The zero-order chi connectivity index (χ0) is 19.1. The first-order chi connectivity index (χ1) is 11.6. The Kier molecular flexibility index (Phi) is 9.97. The molecule has 0 atom stereocenters. The van der Waals surface area contributed by atoms with Gasteiger partial charge in [-0.25, -0.2) is 0 Å². The number of guanidine groups is 1. The first-order valence-electron chi connectivity index (χ1n) is 7.99. The van der Waals surface area contributed by atoms with Crippen LogP contribution in [0.5, 0.6) is 0 Å². The molecular weight excluding hydrogens is 460 g/mol. The number of benzene rings is 1. The highest BCUT2D eigenvalue weighted by Crippen LogP contribution is 2.29. The highest BCUT2D eigenvalue weighted by Gasteiger charge is 2.30. The van der Waals surface area contributed by atoms with Gasteiger partial charge in [-0.15, -0.1) is 24.0 Å². The number of alkyl halides is 3. The maximum Gasteiger partial charge on any atom is 0.416 e. The topological polar surface area (TPSA) is 65.5 Å². The van der Waals surface area contributed by atoms with E-state index in [9.17, 15) is 18.0 Å². The number of amides is 1. The van der Waals surface area contributed by atoms with Crippen LogP contribution in [0.2, 0.25) is 0 Å². The number of nitrogens with one attached hydrogen (secondary N) is 3. The normalized spacial score (nSPS) is 12.2. The SMILES string of the molecule is CCNC(=O)C(C)(C)CNC(=NC)NCc1cccc(C(F)(F)F)c1.I. The summed E-state index contributed by atoms with van der Waals surface area (Å²) in [6, 6.07) is 5.10. The number of carbonyl (C=O) groups is 1. The maximum atomic E-state index is 12.7. The van der Waals surface area contributed by atoms with Gasteiger partial charge in [0.1, 0.15) is 0 Å². The number of hydrogen-bond acceptors (Lipinski definition) is 2. The second-order valence-electron chi connectivity index (χ2n) is 6.22. The van der Waals surface area contributed by atoms with Crippen molar-refractivity contribution in [2.45, 2.75) is 33.5 Å². The van der Waals surface area contributed by atoms with Gasteiger partial charge in [-0.2, -0.15) is 13.2 Å². The van der Waals surface area contributed by atoms with Gasteiger partial charge in [0, 0.05) is 26.7 Å². The fourth-order valence-corrected chi connectivity index (χ4v) is 2.05. The molecule has 5 nitrogen and oxygen atoms in total. The average molecular weight is 486 g/mol. The largest absolute Gasteiger partial charge is 0.416 e. The van der Waals surface area contributed by atoms with Crippen molar-refractivity contribution in [3.63, 3.8) is 0 Å². The summed E-state index contributed by atoms with van der Waals surface area (Å²) in [7, 11) is 1.56. The van der Waals surface area contributed by atoms with Gasteiger partial charge in [-0.3, -0.25) is 9.79 Å². The summed E-state index contributed by atoms with van der Waals surface area (Å²) < 4.78 is 38.2. The molecule has 0 spiro atoms. The fourth-order valence-electron chi connectivity index (χ4n) is 2.05. The van der Waals surface area contributed by atoms with E-state index in [1.165, 1.54) is 6.07 Å². The Morgan fingerprint density at radius 2 is 1.81 bits per heavy atom. The van der Waals surface area contributed by atoms with E-state index in [4.69, 9.17) is 0 Å². The molecule has 148 valence electrons. The molecule has 0 fully saturated rings. The van der Waals surface area contributed by atoms with Gasteiger partial charge in [0.05, 0.1) is 11.0 Å². The molecule has 9 heteroatoms. The lowest BCUT2D eigenvalue weighted by molar-refractivity contribution is -0.137. The minimum Gasteiger partial charge on any atom is -0.356 e. The van der Waals surface area contributed by atoms with Crippen LogP contribution in [0.4, 0.5) is 13.2 Å². The first-order valence-corrected chi connectivity index (χ1v) is 7.99. The third-order valence-corrected chi connectivity index (χ3v) is 3.59. The van der Waals surface area contributed by atoms with Crippen LogP contribution in [0.3, 0.4) is 0 Å².